The molecular formula is C17H18ClNO2S. The molecule has 1 atom stereocenters. The van der Waals surface area contributed by atoms with Crippen molar-refractivity contribution in [3.63, 3.8) is 0 Å². The molecule has 0 spiro atoms. The Morgan fingerprint density at radius 3 is 2.59 bits per heavy atom. The topological polar surface area (TPSA) is 38.3 Å². The van der Waals surface area contributed by atoms with Gasteiger partial charge in [0.05, 0.1) is 12.4 Å². The lowest BCUT2D eigenvalue weighted by Gasteiger charge is -2.13. The van der Waals surface area contributed by atoms with Gasteiger partial charge in [-0.2, -0.15) is 0 Å². The quantitative estimate of drug-likeness (QED) is 0.806. The zero-order chi connectivity index (χ0) is 15.9. The van der Waals surface area contributed by atoms with E-state index in [1.165, 1.54) is 11.8 Å². The summed E-state index contributed by atoms with van der Waals surface area (Å²) in [7, 11) is 1.62. The van der Waals surface area contributed by atoms with Crippen LogP contribution in [0.4, 0.5) is 0 Å². The van der Waals surface area contributed by atoms with Crippen LogP contribution in [0.5, 0.6) is 5.75 Å². The molecule has 2 aromatic carbocycles. The van der Waals surface area contributed by atoms with Gasteiger partial charge in [0.25, 0.3) is 0 Å². The van der Waals surface area contributed by atoms with Crippen molar-refractivity contribution < 1.29 is 9.53 Å². The van der Waals surface area contributed by atoms with Crippen LogP contribution in [0.1, 0.15) is 12.5 Å². The van der Waals surface area contributed by atoms with Crippen LogP contribution in [0.15, 0.2) is 53.4 Å². The first kappa shape index (κ1) is 16.7. The molecule has 3 nitrogen and oxygen atoms in total. The molecule has 2 rings (SSSR count). The molecule has 2 aromatic rings. The van der Waals surface area contributed by atoms with E-state index in [-0.39, 0.29) is 11.2 Å². The van der Waals surface area contributed by atoms with E-state index < -0.39 is 0 Å². The van der Waals surface area contributed by atoms with Crippen molar-refractivity contribution in [3.05, 3.63) is 59.1 Å². The average Bonchev–Trinajstić information content (AvgIpc) is 2.54. The number of nitrogens with one attached hydrogen (secondary N) is 1. The molecule has 0 aliphatic carbocycles. The van der Waals surface area contributed by atoms with E-state index in [0.717, 1.165) is 16.2 Å². The lowest BCUT2D eigenvalue weighted by Crippen LogP contribution is -2.30. The van der Waals surface area contributed by atoms with Crippen LogP contribution in [0.2, 0.25) is 5.02 Å². The van der Waals surface area contributed by atoms with Crippen molar-refractivity contribution in [1.29, 1.82) is 0 Å². The van der Waals surface area contributed by atoms with Crippen molar-refractivity contribution in [1.82, 2.24) is 5.32 Å². The monoisotopic (exact) mass is 335 g/mol. The summed E-state index contributed by atoms with van der Waals surface area (Å²) >= 11 is 7.36. The SMILES string of the molecule is COc1ccccc1CNC(=O)[C@H](C)Sc1ccc(Cl)cc1. The van der Waals surface area contributed by atoms with Gasteiger partial charge in [-0.05, 0) is 37.3 Å². The number of halogens is 1. The van der Waals surface area contributed by atoms with Gasteiger partial charge >= 0.3 is 0 Å². The van der Waals surface area contributed by atoms with Crippen molar-refractivity contribution in [2.45, 2.75) is 23.6 Å². The Morgan fingerprint density at radius 1 is 1.23 bits per heavy atom. The lowest BCUT2D eigenvalue weighted by atomic mass is 10.2. The molecule has 0 heterocycles. The smallest absolute Gasteiger partial charge is 0.233 e. The summed E-state index contributed by atoms with van der Waals surface area (Å²) in [4.78, 5) is 13.2. The highest BCUT2D eigenvalue weighted by Crippen LogP contribution is 2.25. The molecule has 22 heavy (non-hydrogen) atoms. The summed E-state index contributed by atoms with van der Waals surface area (Å²) in [6.45, 7) is 2.34. The summed E-state index contributed by atoms with van der Waals surface area (Å²) in [5, 5.41) is 3.45. The second kappa shape index (κ2) is 8.11. The Kier molecular flexibility index (Phi) is 6.16. The lowest BCUT2D eigenvalue weighted by molar-refractivity contribution is -0.120. The molecule has 5 heteroatoms. The Labute approximate surface area is 140 Å². The first-order valence-corrected chi connectivity index (χ1v) is 8.17. The van der Waals surface area contributed by atoms with Gasteiger partial charge in [0.2, 0.25) is 5.91 Å². The number of benzene rings is 2. The predicted molar refractivity (Wildman–Crippen MR) is 91.6 cm³/mol. The van der Waals surface area contributed by atoms with E-state index >= 15 is 0 Å². The molecule has 0 saturated carbocycles. The number of carbonyl (C=O) groups excluding carboxylic acids is 1. The third-order valence-electron chi connectivity index (χ3n) is 3.14. The average molecular weight is 336 g/mol. The summed E-state index contributed by atoms with van der Waals surface area (Å²) in [5.41, 5.74) is 0.960. The number of hydrogen-bond acceptors (Lipinski definition) is 3. The molecule has 0 bridgehead atoms. The first-order valence-electron chi connectivity index (χ1n) is 6.92. The van der Waals surface area contributed by atoms with E-state index in [4.69, 9.17) is 16.3 Å². The molecule has 0 aliphatic rings. The Morgan fingerprint density at radius 2 is 1.91 bits per heavy atom. The highest BCUT2D eigenvalue weighted by molar-refractivity contribution is 8.00. The number of hydrogen-bond donors (Lipinski definition) is 1. The van der Waals surface area contributed by atoms with E-state index in [9.17, 15) is 4.79 Å². The van der Waals surface area contributed by atoms with Crippen LogP contribution >= 0.6 is 23.4 Å². The number of para-hydroxylation sites is 1. The fraction of sp³-hybridized carbons (Fsp3) is 0.235. The van der Waals surface area contributed by atoms with Crippen molar-refractivity contribution in [2.75, 3.05) is 7.11 Å². The first-order chi connectivity index (χ1) is 10.6. The highest BCUT2D eigenvalue weighted by atomic mass is 35.5. The van der Waals surface area contributed by atoms with Gasteiger partial charge in [0.15, 0.2) is 0 Å². The number of amides is 1. The van der Waals surface area contributed by atoms with Crippen LogP contribution in [0.25, 0.3) is 0 Å². The van der Waals surface area contributed by atoms with Gasteiger partial charge < -0.3 is 10.1 Å². The van der Waals surface area contributed by atoms with E-state index in [1.54, 1.807) is 7.11 Å². The minimum atomic E-state index is -0.184. The summed E-state index contributed by atoms with van der Waals surface area (Å²) < 4.78 is 5.28. The fourth-order valence-electron chi connectivity index (χ4n) is 1.95. The molecular weight excluding hydrogens is 318 g/mol. The molecule has 0 saturated heterocycles. The van der Waals surface area contributed by atoms with Gasteiger partial charge in [0, 0.05) is 22.0 Å². The summed E-state index contributed by atoms with van der Waals surface area (Å²) in [5.74, 6) is 0.770. The molecule has 0 aliphatic heterocycles. The zero-order valence-corrected chi connectivity index (χ0v) is 14.1. The molecule has 0 aromatic heterocycles. The number of rotatable bonds is 6. The van der Waals surface area contributed by atoms with Crippen LogP contribution in [0.3, 0.4) is 0 Å². The van der Waals surface area contributed by atoms with Crippen LogP contribution in [-0.4, -0.2) is 18.3 Å². The third-order valence-corrected chi connectivity index (χ3v) is 4.51. The highest BCUT2D eigenvalue weighted by Gasteiger charge is 2.14. The van der Waals surface area contributed by atoms with Gasteiger partial charge in [-0.3, -0.25) is 4.79 Å². The number of methoxy groups -OCH3 is 1. The number of thioether (sulfide) groups is 1. The maximum absolute atomic E-state index is 12.2. The van der Waals surface area contributed by atoms with Gasteiger partial charge in [0.1, 0.15) is 5.75 Å². The van der Waals surface area contributed by atoms with Crippen LogP contribution in [-0.2, 0) is 11.3 Å². The minimum Gasteiger partial charge on any atom is -0.496 e. The fourth-order valence-corrected chi connectivity index (χ4v) is 2.96. The molecule has 116 valence electrons. The largest absolute Gasteiger partial charge is 0.496 e. The Hall–Kier alpha value is -1.65. The van der Waals surface area contributed by atoms with Crippen molar-refractivity contribution in [2.24, 2.45) is 0 Å². The molecule has 1 amide bonds. The second-order valence-corrected chi connectivity index (χ2v) is 6.59. The number of carbonyl (C=O) groups is 1. The zero-order valence-electron chi connectivity index (χ0n) is 12.5. The van der Waals surface area contributed by atoms with Crippen LogP contribution < -0.4 is 10.1 Å². The normalized spacial score (nSPS) is 11.8. The molecule has 0 unspecified atom stereocenters. The standard InChI is InChI=1S/C17H18ClNO2S/c1-12(22-15-9-7-14(18)8-10-15)17(20)19-11-13-5-3-4-6-16(13)21-2/h3-10,12H,11H2,1-2H3,(H,19,20)/t12-/m0/s1. The summed E-state index contributed by atoms with van der Waals surface area (Å²) in [6, 6.07) is 15.1. The van der Waals surface area contributed by atoms with Gasteiger partial charge in [-0.1, -0.05) is 29.8 Å². The molecule has 0 fully saturated rings. The maximum atomic E-state index is 12.2. The van der Waals surface area contributed by atoms with Gasteiger partial charge in [-0.15, -0.1) is 11.8 Å². The van der Waals surface area contributed by atoms with Crippen LogP contribution in [0, 0.1) is 0 Å². The maximum Gasteiger partial charge on any atom is 0.233 e. The second-order valence-electron chi connectivity index (χ2n) is 4.74. The van der Waals surface area contributed by atoms with E-state index in [2.05, 4.69) is 5.32 Å². The van der Waals surface area contributed by atoms with E-state index in [0.29, 0.717) is 11.6 Å². The van der Waals surface area contributed by atoms with E-state index in [1.807, 2.05) is 55.5 Å². The van der Waals surface area contributed by atoms with Crippen molar-refractivity contribution in [3.8, 4) is 5.75 Å². The number of ether oxygens (including phenoxy) is 1. The Balaban J connectivity index is 1.90. The van der Waals surface area contributed by atoms with Gasteiger partial charge in [-0.25, -0.2) is 0 Å². The molecule has 1 N–H and O–H groups in total. The predicted octanol–water partition coefficient (Wildman–Crippen LogP) is 4.15. The van der Waals surface area contributed by atoms with Crippen molar-refractivity contribution >= 4 is 29.3 Å². The third kappa shape index (κ3) is 4.68. The minimum absolute atomic E-state index is 0.00847. The summed E-state index contributed by atoms with van der Waals surface area (Å²) in [6.07, 6.45) is 0. The molecule has 0 radical (unpaired) electrons. The Bertz CT molecular complexity index is 631.